The van der Waals surface area contributed by atoms with E-state index in [1.54, 1.807) is 12.5 Å². The first-order valence-corrected chi connectivity index (χ1v) is 12.2. The molecule has 0 aliphatic carbocycles. The number of thioether (sulfide) groups is 1. The number of aryl methyl sites for hydroxylation is 1. The minimum Gasteiger partial charge on any atom is -0.355 e. The molecule has 2 rings (SSSR count). The Labute approximate surface area is 179 Å². The number of carbonyl (C=O) groups excluding carboxylic acids is 1. The fraction of sp³-hybridized carbons (Fsp3) is 0.412. The van der Waals surface area contributed by atoms with Gasteiger partial charge in [-0.15, -0.1) is 0 Å². The van der Waals surface area contributed by atoms with Crippen LogP contribution in [-0.4, -0.2) is 48.5 Å². The zero-order chi connectivity index (χ0) is 20.6. The number of rotatable bonds is 11. The van der Waals surface area contributed by atoms with Crippen molar-refractivity contribution in [1.29, 1.82) is 0 Å². The van der Waals surface area contributed by atoms with Gasteiger partial charge in [-0.2, -0.15) is 16.5 Å². The van der Waals surface area contributed by atoms with Crippen LogP contribution >= 0.6 is 35.0 Å². The lowest BCUT2D eigenvalue weighted by Crippen LogP contribution is -2.47. The third-order valence-corrected chi connectivity index (χ3v) is 6.69. The molecule has 1 heterocycles. The number of amides is 1. The second kappa shape index (κ2) is 11.1. The van der Waals surface area contributed by atoms with Crippen molar-refractivity contribution in [2.75, 3.05) is 18.6 Å². The van der Waals surface area contributed by atoms with Crippen molar-refractivity contribution < 1.29 is 13.2 Å². The molecule has 1 atom stereocenters. The summed E-state index contributed by atoms with van der Waals surface area (Å²) in [5.74, 6) is 0.250. The molecule has 0 saturated heterocycles. The Bertz CT molecular complexity index is 877. The molecule has 7 nitrogen and oxygen atoms in total. The van der Waals surface area contributed by atoms with Gasteiger partial charge in [0.1, 0.15) is 10.9 Å². The van der Waals surface area contributed by atoms with Crippen LogP contribution in [0.4, 0.5) is 0 Å². The molecular weight excluding hydrogens is 443 g/mol. The first-order chi connectivity index (χ1) is 13.3. The van der Waals surface area contributed by atoms with Crippen LogP contribution in [0.1, 0.15) is 12.8 Å². The minimum absolute atomic E-state index is 0.0428. The number of sulfonamides is 1. The van der Waals surface area contributed by atoms with E-state index >= 15 is 0 Å². The summed E-state index contributed by atoms with van der Waals surface area (Å²) in [6.45, 7) is 1.13. The van der Waals surface area contributed by atoms with Gasteiger partial charge in [0.2, 0.25) is 15.9 Å². The molecule has 1 amide bonds. The number of hydrogen-bond donors (Lipinski definition) is 2. The Morgan fingerprint density at radius 3 is 2.82 bits per heavy atom. The molecule has 2 aromatic rings. The Morgan fingerprint density at radius 2 is 2.14 bits per heavy atom. The smallest absolute Gasteiger partial charge is 0.242 e. The van der Waals surface area contributed by atoms with Gasteiger partial charge in [-0.25, -0.2) is 13.4 Å². The highest BCUT2D eigenvalue weighted by molar-refractivity contribution is 7.98. The van der Waals surface area contributed by atoms with Gasteiger partial charge in [-0.1, -0.05) is 23.2 Å². The maximum Gasteiger partial charge on any atom is 0.242 e. The molecule has 0 spiro atoms. The average Bonchev–Trinajstić information content (AvgIpc) is 3.17. The predicted octanol–water partition coefficient (Wildman–Crippen LogP) is 2.80. The third kappa shape index (κ3) is 6.97. The lowest BCUT2D eigenvalue weighted by molar-refractivity contribution is -0.122. The van der Waals surface area contributed by atoms with Gasteiger partial charge < -0.3 is 9.88 Å². The second-order valence-corrected chi connectivity index (χ2v) is 9.49. The Morgan fingerprint density at radius 1 is 1.36 bits per heavy atom. The van der Waals surface area contributed by atoms with E-state index < -0.39 is 16.1 Å². The number of nitrogens with one attached hydrogen (secondary N) is 2. The van der Waals surface area contributed by atoms with Crippen LogP contribution in [0.25, 0.3) is 0 Å². The van der Waals surface area contributed by atoms with Crippen LogP contribution in [0.5, 0.6) is 0 Å². The highest BCUT2D eigenvalue weighted by Gasteiger charge is 2.27. The van der Waals surface area contributed by atoms with Gasteiger partial charge in [0.05, 0.1) is 11.3 Å². The van der Waals surface area contributed by atoms with E-state index in [0.29, 0.717) is 31.7 Å². The Kier molecular flexibility index (Phi) is 9.10. The molecule has 28 heavy (non-hydrogen) atoms. The van der Waals surface area contributed by atoms with Gasteiger partial charge in [0.15, 0.2) is 0 Å². The summed E-state index contributed by atoms with van der Waals surface area (Å²) in [7, 11) is -4.00. The number of carbonyl (C=O) groups is 1. The zero-order valence-electron chi connectivity index (χ0n) is 15.3. The molecule has 0 aliphatic rings. The van der Waals surface area contributed by atoms with E-state index in [1.807, 2.05) is 17.0 Å². The summed E-state index contributed by atoms with van der Waals surface area (Å²) in [5.41, 5.74) is 0. The van der Waals surface area contributed by atoms with Gasteiger partial charge in [0, 0.05) is 30.5 Å². The van der Waals surface area contributed by atoms with Crippen LogP contribution in [-0.2, 0) is 21.4 Å². The standard InChI is InChI=1S/C17H22Cl2N4O3S2/c1-27-10-5-15(17(24)21-6-2-8-23-9-7-20-12-23)22-28(25,26)16-11-13(18)3-4-14(16)19/h3-4,7,9,11-12,15,22H,2,5-6,8,10H2,1H3,(H,21,24). The molecule has 11 heteroatoms. The highest BCUT2D eigenvalue weighted by atomic mass is 35.5. The third-order valence-electron chi connectivity index (χ3n) is 3.86. The lowest BCUT2D eigenvalue weighted by atomic mass is 10.2. The van der Waals surface area contributed by atoms with Crippen LogP contribution in [0, 0.1) is 0 Å². The number of aromatic nitrogens is 2. The largest absolute Gasteiger partial charge is 0.355 e. The normalized spacial score (nSPS) is 12.7. The summed E-state index contributed by atoms with van der Waals surface area (Å²) < 4.78 is 29.8. The highest BCUT2D eigenvalue weighted by Crippen LogP contribution is 2.25. The van der Waals surface area contributed by atoms with Gasteiger partial charge in [0.25, 0.3) is 0 Å². The van der Waals surface area contributed by atoms with Crippen LogP contribution < -0.4 is 10.0 Å². The SMILES string of the molecule is CSCCC(NS(=O)(=O)c1cc(Cl)ccc1Cl)C(=O)NCCCn1ccnc1. The van der Waals surface area contributed by atoms with Crippen molar-refractivity contribution in [3.63, 3.8) is 0 Å². The number of benzene rings is 1. The number of imidazole rings is 1. The fourth-order valence-corrected chi connectivity index (χ4v) is 4.89. The maximum absolute atomic E-state index is 12.7. The Balaban J connectivity index is 2.00. The van der Waals surface area contributed by atoms with E-state index in [4.69, 9.17) is 23.2 Å². The number of hydrogen-bond acceptors (Lipinski definition) is 5. The molecule has 0 radical (unpaired) electrons. The summed E-state index contributed by atoms with van der Waals surface area (Å²) in [4.78, 5) is 16.4. The quantitative estimate of drug-likeness (QED) is 0.498. The lowest BCUT2D eigenvalue weighted by Gasteiger charge is -2.19. The molecule has 0 aliphatic heterocycles. The predicted molar refractivity (Wildman–Crippen MR) is 113 cm³/mol. The van der Waals surface area contributed by atoms with E-state index in [1.165, 1.54) is 30.0 Å². The van der Waals surface area contributed by atoms with E-state index in [2.05, 4.69) is 15.0 Å². The zero-order valence-corrected chi connectivity index (χ0v) is 18.4. The van der Waals surface area contributed by atoms with Crippen molar-refractivity contribution in [3.8, 4) is 0 Å². The molecule has 0 bridgehead atoms. The van der Waals surface area contributed by atoms with E-state index in [0.717, 1.165) is 0 Å². The summed E-state index contributed by atoms with van der Waals surface area (Å²) in [6.07, 6.45) is 8.17. The minimum atomic E-state index is -4.00. The van der Waals surface area contributed by atoms with Gasteiger partial charge >= 0.3 is 0 Å². The average molecular weight is 465 g/mol. The van der Waals surface area contributed by atoms with Gasteiger partial charge in [-0.05, 0) is 43.0 Å². The molecule has 0 fully saturated rings. The first kappa shape index (κ1) is 23.0. The maximum atomic E-state index is 12.7. The topological polar surface area (TPSA) is 93.1 Å². The Hall–Kier alpha value is -1.26. The molecule has 1 aromatic carbocycles. The molecule has 0 saturated carbocycles. The summed E-state index contributed by atoms with van der Waals surface area (Å²) >= 11 is 13.4. The summed E-state index contributed by atoms with van der Waals surface area (Å²) in [5, 5.41) is 3.07. The van der Waals surface area contributed by atoms with Crippen molar-refractivity contribution in [1.82, 2.24) is 19.6 Å². The molecule has 2 N–H and O–H groups in total. The fourth-order valence-electron chi connectivity index (χ4n) is 2.43. The van der Waals surface area contributed by atoms with Crippen molar-refractivity contribution in [3.05, 3.63) is 47.0 Å². The van der Waals surface area contributed by atoms with Crippen LogP contribution in [0.2, 0.25) is 10.0 Å². The van der Waals surface area contributed by atoms with E-state index in [-0.39, 0.29) is 20.8 Å². The molecule has 1 aromatic heterocycles. The van der Waals surface area contributed by atoms with Crippen molar-refractivity contribution >= 4 is 50.9 Å². The number of nitrogens with zero attached hydrogens (tertiary/aromatic N) is 2. The second-order valence-electron chi connectivity index (χ2n) is 5.98. The first-order valence-electron chi connectivity index (χ1n) is 8.53. The molecule has 1 unspecified atom stereocenters. The molecular formula is C17H22Cl2N4O3S2. The van der Waals surface area contributed by atoms with Crippen molar-refractivity contribution in [2.24, 2.45) is 0 Å². The molecule has 154 valence electrons. The van der Waals surface area contributed by atoms with Crippen LogP contribution in [0.3, 0.4) is 0 Å². The van der Waals surface area contributed by atoms with Crippen LogP contribution in [0.15, 0.2) is 41.8 Å². The van der Waals surface area contributed by atoms with Crippen molar-refractivity contribution in [2.45, 2.75) is 30.3 Å². The monoisotopic (exact) mass is 464 g/mol. The summed E-state index contributed by atoms with van der Waals surface area (Å²) in [6, 6.07) is 3.27. The number of halogens is 2. The van der Waals surface area contributed by atoms with Gasteiger partial charge in [-0.3, -0.25) is 4.79 Å². The van der Waals surface area contributed by atoms with E-state index in [9.17, 15) is 13.2 Å².